The molecule has 0 fully saturated rings. The fraction of sp³-hybridized carbons (Fsp3) is 0.273. The Kier molecular flexibility index (Phi) is 4.87. The van der Waals surface area contributed by atoms with Crippen molar-refractivity contribution in [2.24, 2.45) is 0 Å². The van der Waals surface area contributed by atoms with Crippen molar-refractivity contribution in [1.82, 2.24) is 9.78 Å². The third kappa shape index (κ3) is 4.08. The summed E-state index contributed by atoms with van der Waals surface area (Å²) in [6.45, 7) is 10.1. The van der Waals surface area contributed by atoms with Crippen molar-refractivity contribution >= 4 is 5.97 Å². The van der Waals surface area contributed by atoms with Crippen molar-refractivity contribution in [1.29, 1.82) is 0 Å². The van der Waals surface area contributed by atoms with Crippen LogP contribution in [0.5, 0.6) is 5.88 Å². The lowest BCUT2D eigenvalue weighted by atomic mass is 9.93. The summed E-state index contributed by atoms with van der Waals surface area (Å²) in [5.41, 5.74) is 3.71. The summed E-state index contributed by atoms with van der Waals surface area (Å²) in [6, 6.07) is 13.2. The predicted octanol–water partition coefficient (Wildman–Crippen LogP) is 5.14. The summed E-state index contributed by atoms with van der Waals surface area (Å²) in [6.07, 6.45) is 0. The van der Waals surface area contributed by atoms with Crippen molar-refractivity contribution < 1.29 is 13.9 Å². The van der Waals surface area contributed by atoms with Gasteiger partial charge in [-0.3, -0.25) is 0 Å². The molecular weight excluding hydrogens is 343 g/mol. The Bertz CT molecular complexity index is 1000. The summed E-state index contributed by atoms with van der Waals surface area (Å²) in [5, 5.41) is 4.67. The van der Waals surface area contributed by atoms with Gasteiger partial charge in [-0.25, -0.2) is 13.9 Å². The molecular formula is C22H23FN2O2. The maximum Gasteiger partial charge on any atom is 0.344 e. The van der Waals surface area contributed by atoms with Crippen molar-refractivity contribution in [2.45, 2.75) is 40.0 Å². The number of esters is 1. The van der Waals surface area contributed by atoms with Crippen LogP contribution in [0.25, 0.3) is 5.69 Å². The van der Waals surface area contributed by atoms with Crippen LogP contribution in [0.4, 0.5) is 4.39 Å². The van der Waals surface area contributed by atoms with Crippen molar-refractivity contribution in [3.05, 3.63) is 76.7 Å². The standard InChI is InChI=1S/C22H23FN2O2/c1-14-9-10-18(15(2)11-14)25-20(13-19(24-25)22(3,4)5)27-21(26)16-7-6-8-17(23)12-16/h6-13H,1-5H3. The lowest BCUT2D eigenvalue weighted by molar-refractivity contribution is 0.0722. The monoisotopic (exact) mass is 366 g/mol. The molecule has 0 spiro atoms. The first-order valence-electron chi connectivity index (χ1n) is 8.81. The minimum atomic E-state index is -0.624. The molecule has 0 N–H and O–H groups in total. The topological polar surface area (TPSA) is 44.1 Å². The molecule has 27 heavy (non-hydrogen) atoms. The largest absolute Gasteiger partial charge is 0.404 e. The van der Waals surface area contributed by atoms with Crippen LogP contribution in [0, 0.1) is 19.7 Å². The first kappa shape index (κ1) is 18.8. The Morgan fingerprint density at radius 2 is 1.81 bits per heavy atom. The summed E-state index contributed by atoms with van der Waals surface area (Å²) in [5.74, 6) is -0.801. The van der Waals surface area contributed by atoms with Gasteiger partial charge in [-0.05, 0) is 43.7 Å². The van der Waals surface area contributed by atoms with Gasteiger partial charge < -0.3 is 4.74 Å². The van der Waals surface area contributed by atoms with Gasteiger partial charge in [0.1, 0.15) is 5.82 Å². The molecule has 1 heterocycles. The molecule has 0 amide bonds. The van der Waals surface area contributed by atoms with Crippen molar-refractivity contribution in [2.75, 3.05) is 0 Å². The van der Waals surface area contributed by atoms with E-state index in [0.717, 1.165) is 28.6 Å². The third-order valence-corrected chi connectivity index (χ3v) is 4.28. The highest BCUT2D eigenvalue weighted by Gasteiger charge is 2.23. The van der Waals surface area contributed by atoms with E-state index in [9.17, 15) is 9.18 Å². The summed E-state index contributed by atoms with van der Waals surface area (Å²) >= 11 is 0. The molecule has 0 saturated heterocycles. The molecule has 5 heteroatoms. The lowest BCUT2D eigenvalue weighted by Gasteiger charge is -2.14. The van der Waals surface area contributed by atoms with Gasteiger partial charge in [-0.15, -0.1) is 0 Å². The highest BCUT2D eigenvalue weighted by molar-refractivity contribution is 5.90. The van der Waals surface area contributed by atoms with Gasteiger partial charge in [0.2, 0.25) is 5.88 Å². The average Bonchev–Trinajstić information content (AvgIpc) is 2.98. The van der Waals surface area contributed by atoms with Crippen LogP contribution in [0.3, 0.4) is 0 Å². The Morgan fingerprint density at radius 3 is 2.44 bits per heavy atom. The fourth-order valence-corrected chi connectivity index (χ4v) is 2.79. The Balaban J connectivity index is 2.05. The van der Waals surface area contributed by atoms with Crippen LogP contribution in [-0.4, -0.2) is 15.7 Å². The number of hydrogen-bond acceptors (Lipinski definition) is 3. The van der Waals surface area contributed by atoms with Crippen LogP contribution < -0.4 is 4.74 Å². The number of halogens is 1. The molecule has 0 bridgehead atoms. The number of carbonyl (C=O) groups excluding carboxylic acids is 1. The summed E-state index contributed by atoms with van der Waals surface area (Å²) in [4.78, 5) is 12.5. The molecule has 0 saturated carbocycles. The Hall–Kier alpha value is -2.95. The maximum atomic E-state index is 13.4. The average molecular weight is 366 g/mol. The van der Waals surface area contributed by atoms with Gasteiger partial charge in [0.15, 0.2) is 0 Å². The number of hydrogen-bond donors (Lipinski definition) is 0. The van der Waals surface area contributed by atoms with E-state index in [0.29, 0.717) is 5.88 Å². The summed E-state index contributed by atoms with van der Waals surface area (Å²) < 4.78 is 20.7. The number of rotatable bonds is 3. The molecule has 3 aromatic rings. The molecule has 0 aliphatic carbocycles. The van der Waals surface area contributed by atoms with E-state index in [1.807, 2.05) is 52.8 Å². The van der Waals surface area contributed by atoms with Crippen LogP contribution in [0.2, 0.25) is 0 Å². The molecule has 0 aliphatic rings. The molecule has 140 valence electrons. The molecule has 1 aromatic heterocycles. The second-order valence-electron chi connectivity index (χ2n) is 7.72. The van der Waals surface area contributed by atoms with E-state index in [1.54, 1.807) is 10.7 Å². The van der Waals surface area contributed by atoms with Gasteiger partial charge >= 0.3 is 5.97 Å². The molecule has 0 aliphatic heterocycles. The third-order valence-electron chi connectivity index (χ3n) is 4.28. The van der Waals surface area contributed by atoms with E-state index >= 15 is 0 Å². The van der Waals surface area contributed by atoms with E-state index in [2.05, 4.69) is 5.10 Å². The quantitative estimate of drug-likeness (QED) is 0.603. The first-order valence-corrected chi connectivity index (χ1v) is 8.81. The van der Waals surface area contributed by atoms with Crippen LogP contribution in [0.1, 0.15) is 48.0 Å². The minimum absolute atomic E-state index is 0.153. The number of ether oxygens (including phenoxy) is 1. The lowest BCUT2D eigenvalue weighted by Crippen LogP contribution is -2.13. The molecule has 0 radical (unpaired) electrons. The van der Waals surface area contributed by atoms with E-state index < -0.39 is 11.8 Å². The predicted molar refractivity (Wildman–Crippen MR) is 103 cm³/mol. The van der Waals surface area contributed by atoms with Crippen molar-refractivity contribution in [3.8, 4) is 11.6 Å². The van der Waals surface area contributed by atoms with E-state index in [-0.39, 0.29) is 11.0 Å². The van der Waals surface area contributed by atoms with Gasteiger partial charge in [0.25, 0.3) is 0 Å². The van der Waals surface area contributed by atoms with Gasteiger partial charge in [0.05, 0.1) is 16.9 Å². The molecule has 2 aromatic carbocycles. The number of benzene rings is 2. The number of nitrogens with zero attached hydrogens (tertiary/aromatic N) is 2. The number of carbonyl (C=O) groups is 1. The second kappa shape index (κ2) is 6.99. The summed E-state index contributed by atoms with van der Waals surface area (Å²) in [7, 11) is 0. The zero-order valence-corrected chi connectivity index (χ0v) is 16.2. The molecule has 0 atom stereocenters. The van der Waals surface area contributed by atoms with Crippen molar-refractivity contribution in [3.63, 3.8) is 0 Å². The van der Waals surface area contributed by atoms with Crippen LogP contribution >= 0.6 is 0 Å². The second-order valence-corrected chi connectivity index (χ2v) is 7.72. The molecule has 4 nitrogen and oxygen atoms in total. The van der Waals surface area contributed by atoms with Crippen LogP contribution in [0.15, 0.2) is 48.5 Å². The normalized spacial score (nSPS) is 11.5. The minimum Gasteiger partial charge on any atom is -0.404 e. The van der Waals surface area contributed by atoms with Crippen LogP contribution in [-0.2, 0) is 5.41 Å². The van der Waals surface area contributed by atoms with E-state index in [1.165, 1.54) is 18.2 Å². The van der Waals surface area contributed by atoms with Gasteiger partial charge in [-0.2, -0.15) is 5.10 Å². The zero-order chi connectivity index (χ0) is 19.8. The van der Waals surface area contributed by atoms with Gasteiger partial charge in [-0.1, -0.05) is 44.5 Å². The molecule has 0 unspecified atom stereocenters. The SMILES string of the molecule is Cc1ccc(-n2nc(C(C)(C)C)cc2OC(=O)c2cccc(F)c2)c(C)c1. The Labute approximate surface area is 158 Å². The zero-order valence-electron chi connectivity index (χ0n) is 16.2. The van der Waals surface area contributed by atoms with Gasteiger partial charge in [0, 0.05) is 11.5 Å². The highest BCUT2D eigenvalue weighted by atomic mass is 19.1. The maximum absolute atomic E-state index is 13.4. The molecule has 3 rings (SSSR count). The van der Waals surface area contributed by atoms with E-state index in [4.69, 9.17) is 4.74 Å². The number of aromatic nitrogens is 2. The highest BCUT2D eigenvalue weighted by Crippen LogP contribution is 2.29. The Morgan fingerprint density at radius 1 is 1.07 bits per heavy atom. The fourth-order valence-electron chi connectivity index (χ4n) is 2.79. The smallest absolute Gasteiger partial charge is 0.344 e. The number of aryl methyl sites for hydroxylation is 2. The first-order chi connectivity index (χ1) is 12.6.